The summed E-state index contributed by atoms with van der Waals surface area (Å²) in [6.45, 7) is 1.94. The largest absolute Gasteiger partial charge is 0.451 e. The van der Waals surface area contributed by atoms with Crippen LogP contribution in [0.5, 0.6) is 0 Å². The molecule has 1 aromatic heterocycles. The van der Waals surface area contributed by atoms with Crippen molar-refractivity contribution in [1.82, 2.24) is 9.97 Å². The second-order valence-electron chi connectivity index (χ2n) is 4.08. The average molecular weight is 299 g/mol. The second kappa shape index (κ2) is 5.70. The van der Waals surface area contributed by atoms with E-state index in [2.05, 4.69) is 15.3 Å². The summed E-state index contributed by atoms with van der Waals surface area (Å²) in [7, 11) is 1.52. The molecule has 0 fully saturated rings. The fourth-order valence-corrected chi connectivity index (χ4v) is 2.28. The summed E-state index contributed by atoms with van der Waals surface area (Å²) in [6.07, 6.45) is -4.56. The van der Waals surface area contributed by atoms with Gasteiger partial charge in [0.2, 0.25) is 5.82 Å². The summed E-state index contributed by atoms with van der Waals surface area (Å²) in [5, 5.41) is 2.86. The number of hydrogen-bond acceptors (Lipinski definition) is 4. The van der Waals surface area contributed by atoms with E-state index in [0.29, 0.717) is 0 Å². The molecule has 0 spiro atoms. The van der Waals surface area contributed by atoms with Crippen LogP contribution in [0.2, 0.25) is 0 Å². The third-order valence-corrected chi connectivity index (χ3v) is 3.38. The number of alkyl halides is 3. The number of aryl methyl sites for hydroxylation is 1. The van der Waals surface area contributed by atoms with Gasteiger partial charge < -0.3 is 5.32 Å². The highest BCUT2D eigenvalue weighted by Crippen LogP contribution is 2.32. The topological polar surface area (TPSA) is 37.8 Å². The molecule has 3 nitrogen and oxygen atoms in total. The first-order valence-electron chi connectivity index (χ1n) is 5.77. The van der Waals surface area contributed by atoms with Crippen LogP contribution in [0.25, 0.3) is 0 Å². The monoisotopic (exact) mass is 299 g/mol. The molecule has 1 aromatic carbocycles. The molecule has 0 atom stereocenters. The van der Waals surface area contributed by atoms with Crippen LogP contribution in [0, 0.1) is 6.92 Å². The van der Waals surface area contributed by atoms with Gasteiger partial charge in [0, 0.05) is 18.0 Å². The molecule has 1 heterocycles. The van der Waals surface area contributed by atoms with Crippen LogP contribution in [0.4, 0.5) is 19.0 Å². The van der Waals surface area contributed by atoms with Gasteiger partial charge in [0.25, 0.3) is 0 Å². The Labute approximate surface area is 118 Å². The Morgan fingerprint density at radius 1 is 1.10 bits per heavy atom. The lowest BCUT2D eigenvalue weighted by Gasteiger charge is -2.09. The maximum absolute atomic E-state index is 12.7. The molecule has 0 saturated carbocycles. The smallest absolute Gasteiger partial charge is 0.373 e. The Bertz CT molecular complexity index is 597. The van der Waals surface area contributed by atoms with Crippen molar-refractivity contribution >= 4 is 17.6 Å². The van der Waals surface area contributed by atoms with E-state index in [4.69, 9.17) is 0 Å². The van der Waals surface area contributed by atoms with Gasteiger partial charge in [-0.25, -0.2) is 9.97 Å². The molecule has 20 heavy (non-hydrogen) atoms. The van der Waals surface area contributed by atoms with E-state index in [9.17, 15) is 13.2 Å². The van der Waals surface area contributed by atoms with Crippen molar-refractivity contribution in [2.45, 2.75) is 23.0 Å². The minimum atomic E-state index is -4.56. The molecule has 0 saturated heterocycles. The van der Waals surface area contributed by atoms with E-state index in [0.717, 1.165) is 22.2 Å². The van der Waals surface area contributed by atoms with E-state index >= 15 is 0 Å². The lowest BCUT2D eigenvalue weighted by atomic mass is 10.2. The van der Waals surface area contributed by atoms with E-state index in [1.54, 1.807) is 0 Å². The minimum absolute atomic E-state index is 0.141. The van der Waals surface area contributed by atoms with Crippen LogP contribution in [-0.2, 0) is 6.18 Å². The highest BCUT2D eigenvalue weighted by atomic mass is 32.2. The van der Waals surface area contributed by atoms with Gasteiger partial charge in [0.1, 0.15) is 10.8 Å². The molecule has 106 valence electrons. The Morgan fingerprint density at radius 3 is 2.30 bits per heavy atom. The number of rotatable bonds is 3. The fourth-order valence-electron chi connectivity index (χ4n) is 1.46. The van der Waals surface area contributed by atoms with Crippen LogP contribution in [0.1, 0.15) is 11.4 Å². The van der Waals surface area contributed by atoms with E-state index < -0.39 is 12.0 Å². The highest BCUT2D eigenvalue weighted by Gasteiger charge is 2.35. The quantitative estimate of drug-likeness (QED) is 0.869. The van der Waals surface area contributed by atoms with Gasteiger partial charge in [0.05, 0.1) is 0 Å². The SMILES string of the molecule is CNc1cc(Sc2ccc(C)cc2)nc(C(F)(F)F)n1. The molecular weight excluding hydrogens is 287 g/mol. The molecule has 0 radical (unpaired) electrons. The van der Waals surface area contributed by atoms with Crippen LogP contribution in [-0.4, -0.2) is 17.0 Å². The summed E-state index contributed by atoms with van der Waals surface area (Å²) in [6, 6.07) is 8.96. The number of nitrogens with one attached hydrogen (secondary N) is 1. The first-order valence-corrected chi connectivity index (χ1v) is 6.58. The molecule has 0 aliphatic carbocycles. The van der Waals surface area contributed by atoms with E-state index in [-0.39, 0.29) is 10.8 Å². The van der Waals surface area contributed by atoms with E-state index in [1.165, 1.54) is 13.1 Å². The van der Waals surface area contributed by atoms with Gasteiger partial charge in [-0.1, -0.05) is 29.5 Å². The molecular formula is C13H12F3N3S. The zero-order chi connectivity index (χ0) is 14.8. The summed E-state index contributed by atoms with van der Waals surface area (Å²) < 4.78 is 38.1. The second-order valence-corrected chi connectivity index (χ2v) is 5.17. The first kappa shape index (κ1) is 14.6. The third-order valence-electron chi connectivity index (χ3n) is 2.46. The minimum Gasteiger partial charge on any atom is -0.373 e. The normalized spacial score (nSPS) is 11.4. The number of benzene rings is 1. The molecule has 0 bridgehead atoms. The fraction of sp³-hybridized carbons (Fsp3) is 0.231. The predicted octanol–water partition coefficient (Wildman–Crippen LogP) is 4.00. The number of nitrogens with zero attached hydrogens (tertiary/aromatic N) is 2. The zero-order valence-corrected chi connectivity index (χ0v) is 11.6. The Hall–Kier alpha value is -1.76. The summed E-state index contributed by atoms with van der Waals surface area (Å²) in [5.41, 5.74) is 1.09. The standard InChI is InChI=1S/C13H12F3N3S/c1-8-3-5-9(6-4-8)20-11-7-10(17-2)18-12(19-11)13(14,15)16/h3-7H,1-2H3,(H,17,18,19). The molecule has 2 aromatic rings. The van der Waals surface area contributed by atoms with Gasteiger partial charge in [-0.15, -0.1) is 0 Å². The number of halogens is 3. The number of anilines is 1. The molecule has 0 amide bonds. The lowest BCUT2D eigenvalue weighted by molar-refractivity contribution is -0.145. The van der Waals surface area contributed by atoms with Crippen molar-refractivity contribution in [2.75, 3.05) is 12.4 Å². The van der Waals surface area contributed by atoms with Gasteiger partial charge in [-0.2, -0.15) is 13.2 Å². The third kappa shape index (κ3) is 3.63. The molecule has 0 unspecified atom stereocenters. The van der Waals surface area contributed by atoms with Crippen LogP contribution < -0.4 is 5.32 Å². The maximum Gasteiger partial charge on any atom is 0.451 e. The summed E-state index contributed by atoms with van der Waals surface area (Å²) >= 11 is 1.16. The van der Waals surface area contributed by atoms with Crippen molar-refractivity contribution in [3.05, 3.63) is 41.7 Å². The Morgan fingerprint density at radius 2 is 1.75 bits per heavy atom. The van der Waals surface area contributed by atoms with Crippen molar-refractivity contribution in [3.63, 3.8) is 0 Å². The van der Waals surface area contributed by atoms with Crippen molar-refractivity contribution in [1.29, 1.82) is 0 Å². The Balaban J connectivity index is 2.33. The lowest BCUT2D eigenvalue weighted by Crippen LogP contribution is -2.12. The van der Waals surface area contributed by atoms with Gasteiger partial charge in [-0.05, 0) is 19.1 Å². The molecule has 2 rings (SSSR count). The van der Waals surface area contributed by atoms with Crippen molar-refractivity contribution < 1.29 is 13.2 Å². The molecule has 0 aliphatic rings. The van der Waals surface area contributed by atoms with Crippen molar-refractivity contribution in [2.24, 2.45) is 0 Å². The molecule has 1 N–H and O–H groups in total. The van der Waals surface area contributed by atoms with Crippen LogP contribution >= 0.6 is 11.8 Å². The first-order chi connectivity index (χ1) is 9.38. The van der Waals surface area contributed by atoms with Crippen LogP contribution in [0.15, 0.2) is 40.3 Å². The number of hydrogen-bond donors (Lipinski definition) is 1. The van der Waals surface area contributed by atoms with Gasteiger partial charge in [0.15, 0.2) is 0 Å². The summed E-state index contributed by atoms with van der Waals surface area (Å²) in [4.78, 5) is 7.80. The van der Waals surface area contributed by atoms with Crippen LogP contribution in [0.3, 0.4) is 0 Å². The van der Waals surface area contributed by atoms with Crippen molar-refractivity contribution in [3.8, 4) is 0 Å². The number of aromatic nitrogens is 2. The van der Waals surface area contributed by atoms with E-state index in [1.807, 2.05) is 31.2 Å². The summed E-state index contributed by atoms with van der Waals surface area (Å²) in [5.74, 6) is -0.999. The predicted molar refractivity (Wildman–Crippen MR) is 71.9 cm³/mol. The average Bonchev–Trinajstić information content (AvgIpc) is 2.40. The Kier molecular flexibility index (Phi) is 4.17. The molecule has 0 aliphatic heterocycles. The maximum atomic E-state index is 12.7. The molecule has 7 heteroatoms. The van der Waals surface area contributed by atoms with Gasteiger partial charge in [-0.3, -0.25) is 0 Å². The highest BCUT2D eigenvalue weighted by molar-refractivity contribution is 7.99. The zero-order valence-electron chi connectivity index (χ0n) is 10.8. The van der Waals surface area contributed by atoms with Gasteiger partial charge >= 0.3 is 6.18 Å².